The third kappa shape index (κ3) is 2.56. The van der Waals surface area contributed by atoms with Crippen molar-refractivity contribution in [3.63, 3.8) is 0 Å². The van der Waals surface area contributed by atoms with Gasteiger partial charge >= 0.3 is 0 Å². The second kappa shape index (κ2) is 4.30. The minimum absolute atomic E-state index is 0.604. The van der Waals surface area contributed by atoms with Crippen LogP contribution in [0.5, 0.6) is 0 Å². The van der Waals surface area contributed by atoms with Crippen LogP contribution in [0.1, 0.15) is 23.0 Å². The molecule has 0 bridgehead atoms. The molecule has 0 atom stereocenters. The number of rotatable bonds is 3. The predicted molar refractivity (Wildman–Crippen MR) is 60.1 cm³/mol. The highest BCUT2D eigenvalue weighted by atomic mass is 16.5. The molecule has 0 aliphatic heterocycles. The Hall–Kier alpha value is -1.91. The molecule has 0 aliphatic carbocycles. The van der Waals surface area contributed by atoms with E-state index < -0.39 is 0 Å². The van der Waals surface area contributed by atoms with Gasteiger partial charge in [0.1, 0.15) is 23.1 Å². The zero-order valence-corrected chi connectivity index (χ0v) is 9.61. The molecule has 0 amide bonds. The Morgan fingerprint density at radius 1 is 1.19 bits per heavy atom. The maximum Gasteiger partial charge on any atom is 0.133 e. The largest absolute Gasteiger partial charge is 0.364 e. The van der Waals surface area contributed by atoms with E-state index in [-0.39, 0.29) is 0 Å². The van der Waals surface area contributed by atoms with Crippen molar-refractivity contribution in [2.45, 2.75) is 27.3 Å². The lowest BCUT2D eigenvalue weighted by atomic mass is 10.3. The first-order chi connectivity index (χ1) is 7.63. The third-order valence-electron chi connectivity index (χ3n) is 2.09. The van der Waals surface area contributed by atoms with E-state index >= 15 is 0 Å². The van der Waals surface area contributed by atoms with E-state index in [2.05, 4.69) is 20.4 Å². The van der Waals surface area contributed by atoms with Crippen molar-refractivity contribution in [2.24, 2.45) is 0 Å². The van der Waals surface area contributed by atoms with Gasteiger partial charge in [-0.25, -0.2) is 9.97 Å². The van der Waals surface area contributed by atoms with Gasteiger partial charge in [0.25, 0.3) is 0 Å². The lowest BCUT2D eigenvalue weighted by Gasteiger charge is -2.04. The number of nitrogens with zero attached hydrogens (tertiary/aromatic N) is 3. The van der Waals surface area contributed by atoms with Crippen LogP contribution in [-0.4, -0.2) is 15.1 Å². The average Bonchev–Trinajstić information content (AvgIpc) is 2.60. The van der Waals surface area contributed by atoms with E-state index in [1.54, 1.807) is 0 Å². The first-order valence-electron chi connectivity index (χ1n) is 5.12. The van der Waals surface area contributed by atoms with Crippen molar-refractivity contribution in [2.75, 3.05) is 5.32 Å². The maximum atomic E-state index is 4.98. The van der Waals surface area contributed by atoms with Gasteiger partial charge in [0, 0.05) is 17.8 Å². The third-order valence-corrected chi connectivity index (χ3v) is 2.09. The number of aromatic nitrogens is 3. The molecule has 5 heteroatoms. The molecule has 1 N–H and O–H groups in total. The summed E-state index contributed by atoms with van der Waals surface area (Å²) in [6.07, 6.45) is 0. The zero-order chi connectivity index (χ0) is 11.5. The second-order valence-corrected chi connectivity index (χ2v) is 3.72. The lowest BCUT2D eigenvalue weighted by Crippen LogP contribution is -2.04. The van der Waals surface area contributed by atoms with Crippen LogP contribution in [0.3, 0.4) is 0 Å². The van der Waals surface area contributed by atoms with Crippen LogP contribution in [0, 0.1) is 20.8 Å². The van der Waals surface area contributed by atoms with Gasteiger partial charge in [-0.1, -0.05) is 5.16 Å². The molecule has 5 nitrogen and oxygen atoms in total. The van der Waals surface area contributed by atoms with Crippen molar-refractivity contribution in [3.05, 3.63) is 35.1 Å². The van der Waals surface area contributed by atoms with Crippen LogP contribution in [0.25, 0.3) is 0 Å². The van der Waals surface area contributed by atoms with Crippen LogP contribution in [-0.2, 0) is 6.54 Å². The fraction of sp³-hybridized carbons (Fsp3) is 0.364. The Morgan fingerprint density at radius 3 is 2.62 bits per heavy atom. The smallest absolute Gasteiger partial charge is 0.133 e. The fourth-order valence-electron chi connectivity index (χ4n) is 1.49. The Labute approximate surface area is 93.9 Å². The molecule has 0 saturated heterocycles. The van der Waals surface area contributed by atoms with E-state index in [1.165, 1.54) is 0 Å². The summed E-state index contributed by atoms with van der Waals surface area (Å²) in [6, 6.07) is 3.80. The van der Waals surface area contributed by atoms with Crippen molar-refractivity contribution in [3.8, 4) is 0 Å². The minimum atomic E-state index is 0.604. The predicted octanol–water partition coefficient (Wildman–Crippen LogP) is 2.00. The Balaban J connectivity index is 2.04. The van der Waals surface area contributed by atoms with E-state index in [0.29, 0.717) is 6.54 Å². The Morgan fingerprint density at radius 2 is 2.00 bits per heavy atom. The minimum Gasteiger partial charge on any atom is -0.364 e. The number of nitrogens with one attached hydrogen (secondary N) is 1. The van der Waals surface area contributed by atoms with Crippen molar-refractivity contribution < 1.29 is 4.52 Å². The van der Waals surface area contributed by atoms with Crippen molar-refractivity contribution in [1.29, 1.82) is 0 Å². The van der Waals surface area contributed by atoms with Gasteiger partial charge in [0.15, 0.2) is 0 Å². The molecule has 0 unspecified atom stereocenters. The number of hydrogen-bond acceptors (Lipinski definition) is 5. The monoisotopic (exact) mass is 218 g/mol. The van der Waals surface area contributed by atoms with Gasteiger partial charge < -0.3 is 9.84 Å². The van der Waals surface area contributed by atoms with E-state index in [9.17, 15) is 0 Å². The summed E-state index contributed by atoms with van der Waals surface area (Å²) in [5.74, 6) is 2.39. The molecule has 0 aromatic carbocycles. The molecule has 0 aliphatic rings. The molecular formula is C11H14N4O. The normalized spacial score (nSPS) is 10.4. The molecule has 2 rings (SSSR count). The van der Waals surface area contributed by atoms with Gasteiger partial charge in [-0.3, -0.25) is 0 Å². The van der Waals surface area contributed by atoms with Crippen molar-refractivity contribution >= 4 is 5.82 Å². The highest BCUT2D eigenvalue weighted by Gasteiger charge is 2.02. The highest BCUT2D eigenvalue weighted by molar-refractivity contribution is 5.36. The highest BCUT2D eigenvalue weighted by Crippen LogP contribution is 2.08. The molecule has 2 heterocycles. The zero-order valence-electron chi connectivity index (χ0n) is 9.61. The number of hydrogen-bond donors (Lipinski definition) is 1. The van der Waals surface area contributed by atoms with Crippen LogP contribution in [0.4, 0.5) is 5.82 Å². The molecule has 2 aromatic heterocycles. The average molecular weight is 218 g/mol. The number of aryl methyl sites for hydroxylation is 3. The summed E-state index contributed by atoms with van der Waals surface area (Å²) >= 11 is 0. The van der Waals surface area contributed by atoms with Gasteiger partial charge in [-0.2, -0.15) is 0 Å². The Kier molecular flexibility index (Phi) is 2.85. The van der Waals surface area contributed by atoms with E-state index in [1.807, 2.05) is 32.9 Å². The molecular weight excluding hydrogens is 204 g/mol. The quantitative estimate of drug-likeness (QED) is 0.853. The van der Waals surface area contributed by atoms with Gasteiger partial charge in [0.05, 0.1) is 6.54 Å². The molecule has 2 aromatic rings. The van der Waals surface area contributed by atoms with Crippen LogP contribution in [0.2, 0.25) is 0 Å². The van der Waals surface area contributed by atoms with E-state index in [0.717, 1.165) is 28.8 Å². The first kappa shape index (κ1) is 10.6. The summed E-state index contributed by atoms with van der Waals surface area (Å²) in [4.78, 5) is 8.48. The van der Waals surface area contributed by atoms with Crippen LogP contribution < -0.4 is 5.32 Å². The summed E-state index contributed by atoms with van der Waals surface area (Å²) < 4.78 is 4.98. The number of anilines is 1. The summed E-state index contributed by atoms with van der Waals surface area (Å²) in [5, 5.41) is 7.08. The lowest BCUT2D eigenvalue weighted by molar-refractivity contribution is 0.391. The summed E-state index contributed by atoms with van der Waals surface area (Å²) in [6.45, 7) is 6.29. The van der Waals surface area contributed by atoms with Crippen LogP contribution >= 0.6 is 0 Å². The first-order valence-corrected chi connectivity index (χ1v) is 5.12. The van der Waals surface area contributed by atoms with Crippen molar-refractivity contribution in [1.82, 2.24) is 15.1 Å². The van der Waals surface area contributed by atoms with Gasteiger partial charge in [0.2, 0.25) is 0 Å². The molecule has 16 heavy (non-hydrogen) atoms. The van der Waals surface area contributed by atoms with Gasteiger partial charge in [-0.05, 0) is 20.8 Å². The van der Waals surface area contributed by atoms with Gasteiger partial charge in [-0.15, -0.1) is 0 Å². The topological polar surface area (TPSA) is 63.8 Å². The fourth-order valence-corrected chi connectivity index (χ4v) is 1.49. The standard InChI is InChI=1S/C11H14N4O/c1-7-4-11(14-9(3)13-7)12-6-10-5-8(2)16-15-10/h4-5H,6H2,1-3H3,(H,12,13,14). The SMILES string of the molecule is Cc1cc(NCc2cc(C)on2)nc(C)n1. The maximum absolute atomic E-state index is 4.98. The Bertz CT molecular complexity index is 472. The molecule has 0 spiro atoms. The summed E-state index contributed by atoms with van der Waals surface area (Å²) in [5.41, 5.74) is 1.82. The molecule has 84 valence electrons. The molecule has 0 radical (unpaired) electrons. The summed E-state index contributed by atoms with van der Waals surface area (Å²) in [7, 11) is 0. The second-order valence-electron chi connectivity index (χ2n) is 3.72. The molecule has 0 saturated carbocycles. The van der Waals surface area contributed by atoms with E-state index in [4.69, 9.17) is 4.52 Å². The van der Waals surface area contributed by atoms with Crippen LogP contribution in [0.15, 0.2) is 16.7 Å². The molecule has 0 fully saturated rings.